The Morgan fingerprint density at radius 3 is 2.42 bits per heavy atom. The largest absolute Gasteiger partial charge is 0.467 e. The average Bonchev–Trinajstić information content (AvgIpc) is 2.60. The molecule has 0 saturated carbocycles. The number of unbranched alkanes of at least 4 members (excludes halogenated alkanes) is 1. The van der Waals surface area contributed by atoms with E-state index in [9.17, 15) is 9.59 Å². The van der Waals surface area contributed by atoms with Gasteiger partial charge in [0.25, 0.3) is 0 Å². The van der Waals surface area contributed by atoms with Gasteiger partial charge in [0.05, 0.1) is 7.11 Å². The molecular formula is C20H23NO3. The summed E-state index contributed by atoms with van der Waals surface area (Å²) in [5.41, 5.74) is 0.958. The number of esters is 1. The normalized spacial score (nSPS) is 10.4. The lowest BCUT2D eigenvalue weighted by atomic mass is 10.1. The third-order valence-corrected chi connectivity index (χ3v) is 3.19. The number of benzene rings is 1. The molecule has 1 atom stereocenters. The summed E-state index contributed by atoms with van der Waals surface area (Å²) in [5.74, 6) is 10.5. The van der Waals surface area contributed by atoms with Crippen molar-refractivity contribution >= 4 is 11.9 Å². The second-order valence-corrected chi connectivity index (χ2v) is 5.19. The SMILES string of the molecule is CCCC#CC#CCCC(=O)NC(Cc1ccccc1)C(=O)OC. The topological polar surface area (TPSA) is 55.4 Å². The maximum Gasteiger partial charge on any atom is 0.328 e. The first-order valence-corrected chi connectivity index (χ1v) is 8.04. The Labute approximate surface area is 144 Å². The molecule has 0 aliphatic rings. The quantitative estimate of drug-likeness (QED) is 0.619. The highest BCUT2D eigenvalue weighted by molar-refractivity contribution is 5.84. The van der Waals surface area contributed by atoms with E-state index in [0.29, 0.717) is 12.8 Å². The molecule has 4 heteroatoms. The molecule has 126 valence electrons. The van der Waals surface area contributed by atoms with Crippen molar-refractivity contribution in [2.75, 3.05) is 7.11 Å². The van der Waals surface area contributed by atoms with Crippen molar-refractivity contribution in [2.24, 2.45) is 0 Å². The van der Waals surface area contributed by atoms with E-state index in [4.69, 9.17) is 4.74 Å². The Kier molecular flexibility index (Phi) is 9.50. The highest BCUT2D eigenvalue weighted by Gasteiger charge is 2.21. The molecule has 0 heterocycles. The highest BCUT2D eigenvalue weighted by Crippen LogP contribution is 2.05. The van der Waals surface area contributed by atoms with Gasteiger partial charge >= 0.3 is 5.97 Å². The summed E-state index contributed by atoms with van der Waals surface area (Å²) < 4.78 is 4.77. The van der Waals surface area contributed by atoms with Crippen LogP contribution in [0.2, 0.25) is 0 Å². The maximum absolute atomic E-state index is 12.0. The molecule has 0 aliphatic heterocycles. The molecule has 1 aromatic carbocycles. The van der Waals surface area contributed by atoms with Crippen LogP contribution in [-0.4, -0.2) is 25.0 Å². The van der Waals surface area contributed by atoms with Crippen LogP contribution in [0.5, 0.6) is 0 Å². The molecule has 1 aromatic rings. The van der Waals surface area contributed by atoms with Gasteiger partial charge in [0.2, 0.25) is 5.91 Å². The molecule has 24 heavy (non-hydrogen) atoms. The van der Waals surface area contributed by atoms with E-state index >= 15 is 0 Å². The minimum atomic E-state index is -0.692. The van der Waals surface area contributed by atoms with E-state index in [1.54, 1.807) is 0 Å². The number of nitrogens with one attached hydrogen (secondary N) is 1. The molecular weight excluding hydrogens is 302 g/mol. The summed E-state index contributed by atoms with van der Waals surface area (Å²) in [4.78, 5) is 23.8. The number of hydrogen-bond acceptors (Lipinski definition) is 3. The van der Waals surface area contributed by atoms with Crippen molar-refractivity contribution in [3.05, 3.63) is 35.9 Å². The van der Waals surface area contributed by atoms with Crippen LogP contribution in [-0.2, 0) is 20.7 Å². The molecule has 1 amide bonds. The van der Waals surface area contributed by atoms with Crippen molar-refractivity contribution in [1.82, 2.24) is 5.32 Å². The standard InChI is InChI=1S/C20H23NO3/c1-3-4-5-6-7-8-12-15-19(22)21-18(20(23)24-2)16-17-13-10-9-11-14-17/h9-11,13-14,18H,3-4,12,15-16H2,1-2H3,(H,21,22). The molecule has 0 aromatic heterocycles. The summed E-state index contributed by atoms with van der Waals surface area (Å²) in [7, 11) is 1.31. The molecule has 4 nitrogen and oxygen atoms in total. The zero-order chi connectivity index (χ0) is 17.6. The van der Waals surface area contributed by atoms with Crippen molar-refractivity contribution in [2.45, 2.75) is 45.1 Å². The number of hydrogen-bond donors (Lipinski definition) is 1. The van der Waals surface area contributed by atoms with E-state index in [2.05, 4.69) is 35.9 Å². The van der Waals surface area contributed by atoms with Crippen LogP contribution in [0.3, 0.4) is 0 Å². The van der Waals surface area contributed by atoms with Crippen LogP contribution in [0.25, 0.3) is 0 Å². The second kappa shape index (κ2) is 11.8. The second-order valence-electron chi connectivity index (χ2n) is 5.19. The van der Waals surface area contributed by atoms with Crippen molar-refractivity contribution in [3.63, 3.8) is 0 Å². The van der Waals surface area contributed by atoms with Gasteiger partial charge in [0, 0.05) is 25.7 Å². The lowest BCUT2D eigenvalue weighted by Gasteiger charge is -2.16. The van der Waals surface area contributed by atoms with Gasteiger partial charge in [-0.25, -0.2) is 4.79 Å². The summed E-state index contributed by atoms with van der Waals surface area (Å²) in [6, 6.07) is 8.80. The smallest absolute Gasteiger partial charge is 0.328 e. The van der Waals surface area contributed by atoms with Crippen molar-refractivity contribution < 1.29 is 14.3 Å². The Morgan fingerprint density at radius 1 is 1.12 bits per heavy atom. The van der Waals surface area contributed by atoms with Crippen LogP contribution in [0.1, 0.15) is 38.2 Å². The van der Waals surface area contributed by atoms with Gasteiger partial charge in [0.15, 0.2) is 0 Å². The molecule has 0 aliphatic carbocycles. The summed E-state index contributed by atoms with van der Waals surface area (Å²) >= 11 is 0. The molecule has 1 rings (SSSR count). The molecule has 1 N–H and O–H groups in total. The first-order valence-electron chi connectivity index (χ1n) is 8.04. The van der Waals surface area contributed by atoms with Crippen LogP contribution in [0, 0.1) is 23.7 Å². The molecule has 0 spiro atoms. The van der Waals surface area contributed by atoms with Gasteiger partial charge in [-0.1, -0.05) is 49.1 Å². The van der Waals surface area contributed by atoms with Crippen molar-refractivity contribution in [1.29, 1.82) is 0 Å². The van der Waals surface area contributed by atoms with E-state index in [0.717, 1.165) is 18.4 Å². The van der Waals surface area contributed by atoms with Crippen LogP contribution < -0.4 is 5.32 Å². The van der Waals surface area contributed by atoms with E-state index in [1.165, 1.54) is 7.11 Å². The number of methoxy groups -OCH3 is 1. The Morgan fingerprint density at radius 2 is 1.79 bits per heavy atom. The third-order valence-electron chi connectivity index (χ3n) is 3.19. The van der Waals surface area contributed by atoms with Gasteiger partial charge in [-0.15, -0.1) is 0 Å². The molecule has 0 saturated heterocycles. The number of ether oxygens (including phenoxy) is 1. The minimum Gasteiger partial charge on any atom is -0.467 e. The monoisotopic (exact) mass is 325 g/mol. The molecule has 1 unspecified atom stereocenters. The zero-order valence-electron chi connectivity index (χ0n) is 14.2. The van der Waals surface area contributed by atoms with E-state index in [-0.39, 0.29) is 12.3 Å². The molecule has 0 fully saturated rings. The summed E-state index contributed by atoms with van der Waals surface area (Å²) in [5, 5.41) is 2.71. The predicted molar refractivity (Wildman–Crippen MR) is 93.8 cm³/mol. The maximum atomic E-state index is 12.0. The Bertz CT molecular complexity index is 644. The first kappa shape index (κ1) is 19.3. The number of carbonyl (C=O) groups is 2. The average molecular weight is 325 g/mol. The predicted octanol–water partition coefficient (Wildman–Crippen LogP) is 2.47. The lowest BCUT2D eigenvalue weighted by Crippen LogP contribution is -2.42. The number of amides is 1. The van der Waals surface area contributed by atoms with E-state index < -0.39 is 12.0 Å². The Balaban J connectivity index is 2.50. The van der Waals surface area contributed by atoms with Gasteiger partial charge in [-0.2, -0.15) is 0 Å². The highest BCUT2D eigenvalue weighted by atomic mass is 16.5. The zero-order valence-corrected chi connectivity index (χ0v) is 14.2. The van der Waals surface area contributed by atoms with Gasteiger partial charge in [0.1, 0.15) is 6.04 Å². The van der Waals surface area contributed by atoms with Crippen LogP contribution in [0.4, 0.5) is 0 Å². The third kappa shape index (κ3) is 8.06. The van der Waals surface area contributed by atoms with Crippen molar-refractivity contribution in [3.8, 4) is 23.7 Å². The molecule has 0 bridgehead atoms. The fraction of sp³-hybridized carbons (Fsp3) is 0.400. The number of rotatable bonds is 7. The fourth-order valence-corrected chi connectivity index (χ4v) is 1.97. The van der Waals surface area contributed by atoms with E-state index in [1.807, 2.05) is 30.3 Å². The number of carbonyl (C=O) groups excluding carboxylic acids is 2. The first-order chi connectivity index (χ1) is 11.7. The summed E-state index contributed by atoms with van der Waals surface area (Å²) in [6.07, 6.45) is 2.87. The molecule has 0 radical (unpaired) electrons. The fourth-order valence-electron chi connectivity index (χ4n) is 1.97. The van der Waals surface area contributed by atoms with Crippen LogP contribution >= 0.6 is 0 Å². The lowest BCUT2D eigenvalue weighted by molar-refractivity contribution is -0.145. The van der Waals surface area contributed by atoms with Gasteiger partial charge in [-0.05, 0) is 23.8 Å². The van der Waals surface area contributed by atoms with Crippen LogP contribution in [0.15, 0.2) is 30.3 Å². The summed E-state index contributed by atoms with van der Waals surface area (Å²) in [6.45, 7) is 2.06. The van der Waals surface area contributed by atoms with Gasteiger partial charge < -0.3 is 10.1 Å². The van der Waals surface area contributed by atoms with Gasteiger partial charge in [-0.3, -0.25) is 4.79 Å². The Hall–Kier alpha value is -2.72. The minimum absolute atomic E-state index is 0.225.